The van der Waals surface area contributed by atoms with Crippen molar-refractivity contribution in [2.75, 3.05) is 82.3 Å². The van der Waals surface area contributed by atoms with Crippen LogP contribution in [-0.4, -0.2) is 109 Å². The van der Waals surface area contributed by atoms with E-state index in [9.17, 15) is 4.79 Å². The van der Waals surface area contributed by atoms with E-state index in [4.69, 9.17) is 37.9 Å². The molecule has 1 aromatic heterocycles. The van der Waals surface area contributed by atoms with Crippen molar-refractivity contribution in [1.82, 2.24) is 30.0 Å². The molecule has 2 aromatic rings. The first kappa shape index (κ1) is 29.1. The molecule has 2 amide bonds. The van der Waals surface area contributed by atoms with E-state index in [1.165, 1.54) is 0 Å². The lowest BCUT2D eigenvalue weighted by Gasteiger charge is -2.39. The first-order valence-corrected chi connectivity index (χ1v) is 15.1. The Hall–Kier alpha value is -2.37. The van der Waals surface area contributed by atoms with Gasteiger partial charge in [-0.1, -0.05) is 36.2 Å². The van der Waals surface area contributed by atoms with Crippen molar-refractivity contribution in [2.45, 2.75) is 39.5 Å². The number of urea groups is 1. The van der Waals surface area contributed by atoms with Crippen molar-refractivity contribution in [3.63, 3.8) is 0 Å². The molecule has 0 radical (unpaired) electrons. The predicted molar refractivity (Wildman–Crippen MR) is 160 cm³/mol. The molecule has 10 nitrogen and oxygen atoms in total. The molecule has 1 aromatic carbocycles. The van der Waals surface area contributed by atoms with Crippen LogP contribution in [0.3, 0.4) is 0 Å². The summed E-state index contributed by atoms with van der Waals surface area (Å²) in [6.07, 6.45) is 0.953. The summed E-state index contributed by atoms with van der Waals surface area (Å²) in [5.74, 6) is 1.48. The number of aromatic nitrogens is 2. The quantitative estimate of drug-likeness (QED) is 0.484. The summed E-state index contributed by atoms with van der Waals surface area (Å²) < 4.78 is 6.04. The molecule has 3 aliphatic heterocycles. The average molecular weight is 592 g/mol. The first-order chi connectivity index (χ1) is 19.4. The maximum Gasteiger partial charge on any atom is 0.317 e. The topological polar surface area (TPSA) is 89.1 Å². The molecule has 3 aliphatic rings. The van der Waals surface area contributed by atoms with Gasteiger partial charge in [-0.25, -0.2) is 9.78 Å². The van der Waals surface area contributed by atoms with Gasteiger partial charge in [0.05, 0.1) is 24.9 Å². The fourth-order valence-electron chi connectivity index (χ4n) is 5.57. The Morgan fingerprint density at radius 3 is 2.65 bits per heavy atom. The number of piperazine rings is 1. The summed E-state index contributed by atoms with van der Waals surface area (Å²) in [5, 5.41) is 7.61. The second-order valence-corrected chi connectivity index (χ2v) is 11.4. The van der Waals surface area contributed by atoms with E-state index in [1.807, 2.05) is 24.0 Å². The zero-order valence-corrected chi connectivity index (χ0v) is 25.0. The molecule has 218 valence electrons. The molecule has 0 saturated carbocycles. The highest BCUT2D eigenvalue weighted by Crippen LogP contribution is 2.29. The molecule has 0 bridgehead atoms. The van der Waals surface area contributed by atoms with Gasteiger partial charge in [0.15, 0.2) is 0 Å². The Balaban J connectivity index is 1.30. The van der Waals surface area contributed by atoms with E-state index in [0.29, 0.717) is 42.6 Å². The zero-order valence-electron chi connectivity index (χ0n) is 23.5. The summed E-state index contributed by atoms with van der Waals surface area (Å²) in [6, 6.07) is 5.43. The molecule has 2 saturated heterocycles. The van der Waals surface area contributed by atoms with Crippen LogP contribution in [0.4, 0.5) is 16.6 Å². The molecule has 2 fully saturated rings. The monoisotopic (exact) mass is 590 g/mol. The van der Waals surface area contributed by atoms with Gasteiger partial charge in [-0.05, 0) is 31.2 Å². The molecule has 40 heavy (non-hydrogen) atoms. The number of carbonyl (C=O) groups is 1. The third-order valence-electron chi connectivity index (χ3n) is 7.91. The lowest BCUT2D eigenvalue weighted by Crippen LogP contribution is -2.53. The number of morpholine rings is 1. The Morgan fingerprint density at radius 1 is 1.07 bits per heavy atom. The Labute approximate surface area is 246 Å². The minimum atomic E-state index is -0.0657. The van der Waals surface area contributed by atoms with E-state index < -0.39 is 0 Å². The predicted octanol–water partition coefficient (Wildman–Crippen LogP) is 3.33. The smallest absolute Gasteiger partial charge is 0.317 e. The van der Waals surface area contributed by atoms with E-state index in [1.54, 1.807) is 6.07 Å². The molecule has 4 heterocycles. The number of carbonyl (C=O) groups excluding carboxylic acids is 1. The number of halogens is 2. The Morgan fingerprint density at radius 2 is 1.90 bits per heavy atom. The van der Waals surface area contributed by atoms with Gasteiger partial charge in [0.25, 0.3) is 0 Å². The van der Waals surface area contributed by atoms with Gasteiger partial charge in [-0.15, -0.1) is 0 Å². The number of hydrogen-bond donors (Lipinski definition) is 2. The maximum atomic E-state index is 12.6. The first-order valence-electron chi connectivity index (χ1n) is 14.3. The number of ether oxygens (including phenoxy) is 1. The van der Waals surface area contributed by atoms with Crippen LogP contribution in [0.15, 0.2) is 18.2 Å². The number of fused-ring (bicyclic) bond motifs is 1. The van der Waals surface area contributed by atoms with Crippen LogP contribution in [0.1, 0.15) is 30.7 Å². The van der Waals surface area contributed by atoms with Gasteiger partial charge in [-0.2, -0.15) is 4.98 Å². The van der Waals surface area contributed by atoms with Gasteiger partial charge in [0.2, 0.25) is 5.95 Å². The highest BCUT2D eigenvalue weighted by Gasteiger charge is 2.29. The number of hydrogen-bond acceptors (Lipinski definition) is 8. The number of rotatable bonds is 8. The number of amides is 2. The van der Waals surface area contributed by atoms with Crippen molar-refractivity contribution in [3.8, 4) is 0 Å². The number of anilines is 2. The number of nitrogens with one attached hydrogen (secondary N) is 2. The van der Waals surface area contributed by atoms with Crippen molar-refractivity contribution < 1.29 is 9.53 Å². The molecule has 0 aliphatic carbocycles. The summed E-state index contributed by atoms with van der Waals surface area (Å²) >= 11 is 12.5. The minimum Gasteiger partial charge on any atom is -0.374 e. The number of likely N-dealkylation sites (N-methyl/N-ethyl adjacent to an activating group) is 1. The zero-order chi connectivity index (χ0) is 28.1. The fraction of sp³-hybridized carbons (Fsp3) is 0.607. The standard InChI is InChI=1S/C28H40Cl2N8O2/c1-3-31-28(39)38-8-7-25-23(19-38)26(32-16-20-5-6-21(29)15-24(20)30)34-27(33-25)37-11-9-36(10-12-37)18-22-17-35(4-2)13-14-40-22/h5-6,15,22H,3-4,7-14,16-19H2,1-2H3,(H,31,39)(H,32,33,34)/t22-/m0/s1. The average Bonchev–Trinajstić information content (AvgIpc) is 2.97. The molecule has 1 atom stereocenters. The van der Waals surface area contributed by atoms with Crippen LogP contribution in [-0.2, 0) is 24.2 Å². The lowest BCUT2D eigenvalue weighted by molar-refractivity contribution is -0.0423. The molecule has 0 unspecified atom stereocenters. The van der Waals surface area contributed by atoms with Crippen molar-refractivity contribution >= 4 is 41.0 Å². The van der Waals surface area contributed by atoms with E-state index in [2.05, 4.69) is 32.3 Å². The SMILES string of the molecule is CCNC(=O)N1CCc2nc(N3CCN(C[C@@H]4CN(CC)CCO4)CC3)nc(NCc3ccc(Cl)cc3Cl)c2C1. The third kappa shape index (κ3) is 7.09. The summed E-state index contributed by atoms with van der Waals surface area (Å²) in [4.78, 5) is 31.6. The normalized spacial score (nSPS) is 20.4. The van der Waals surface area contributed by atoms with Gasteiger partial charge < -0.3 is 25.2 Å². The van der Waals surface area contributed by atoms with E-state index >= 15 is 0 Å². The highest BCUT2D eigenvalue weighted by molar-refractivity contribution is 6.35. The van der Waals surface area contributed by atoms with Crippen molar-refractivity contribution in [3.05, 3.63) is 45.1 Å². The summed E-state index contributed by atoms with van der Waals surface area (Å²) in [7, 11) is 0. The minimum absolute atomic E-state index is 0.0657. The molecular formula is C28H40Cl2N8O2. The second-order valence-electron chi connectivity index (χ2n) is 10.6. The van der Waals surface area contributed by atoms with Crippen LogP contribution < -0.4 is 15.5 Å². The number of nitrogens with zero attached hydrogens (tertiary/aromatic N) is 6. The lowest BCUT2D eigenvalue weighted by atomic mass is 10.1. The maximum absolute atomic E-state index is 12.6. The van der Waals surface area contributed by atoms with Crippen molar-refractivity contribution in [2.24, 2.45) is 0 Å². The van der Waals surface area contributed by atoms with Crippen LogP contribution in [0.5, 0.6) is 0 Å². The van der Waals surface area contributed by atoms with Gasteiger partial charge >= 0.3 is 6.03 Å². The van der Waals surface area contributed by atoms with Crippen LogP contribution in [0, 0.1) is 0 Å². The van der Waals surface area contributed by atoms with Crippen LogP contribution in [0.25, 0.3) is 0 Å². The van der Waals surface area contributed by atoms with Crippen LogP contribution >= 0.6 is 23.2 Å². The van der Waals surface area contributed by atoms with E-state index in [0.717, 1.165) is 87.6 Å². The Kier molecular flexibility index (Phi) is 9.85. The summed E-state index contributed by atoms with van der Waals surface area (Å²) in [5.41, 5.74) is 2.88. The molecule has 0 spiro atoms. The second kappa shape index (κ2) is 13.5. The van der Waals surface area contributed by atoms with E-state index in [-0.39, 0.29) is 12.1 Å². The van der Waals surface area contributed by atoms with Crippen molar-refractivity contribution in [1.29, 1.82) is 0 Å². The highest BCUT2D eigenvalue weighted by atomic mass is 35.5. The fourth-order valence-corrected chi connectivity index (χ4v) is 6.04. The van der Waals surface area contributed by atoms with Crippen LogP contribution in [0.2, 0.25) is 10.0 Å². The van der Waals surface area contributed by atoms with Gasteiger partial charge in [-0.3, -0.25) is 9.80 Å². The van der Waals surface area contributed by atoms with Gasteiger partial charge in [0, 0.05) is 87.5 Å². The largest absolute Gasteiger partial charge is 0.374 e. The Bertz CT molecular complexity index is 1180. The van der Waals surface area contributed by atoms with Gasteiger partial charge in [0.1, 0.15) is 5.82 Å². The molecule has 5 rings (SSSR count). The summed E-state index contributed by atoms with van der Waals surface area (Å²) in [6.45, 7) is 14.8. The molecule has 12 heteroatoms. The molecule has 2 N–H and O–H groups in total. The number of benzene rings is 1. The third-order valence-corrected chi connectivity index (χ3v) is 8.50. The molecular weight excluding hydrogens is 551 g/mol.